The Balaban J connectivity index is 1.81. The summed E-state index contributed by atoms with van der Waals surface area (Å²) in [7, 11) is 5.20. The summed E-state index contributed by atoms with van der Waals surface area (Å²) in [5, 5.41) is 46.0. The largest absolute Gasteiger partial charge is 0.462 e. The van der Waals surface area contributed by atoms with Crippen LogP contribution in [0.25, 0.3) is 0 Å². The number of ketones is 1. The first-order chi connectivity index (χ1) is 23.3. The van der Waals surface area contributed by atoms with Gasteiger partial charge >= 0.3 is 5.97 Å². The molecule has 4 rings (SSSR count). The number of nitrogens with zero attached hydrogens (tertiary/aromatic N) is 1. The molecule has 0 unspecified atom stereocenters. The van der Waals surface area contributed by atoms with Crippen molar-refractivity contribution in [3.8, 4) is 0 Å². The van der Waals surface area contributed by atoms with E-state index in [-0.39, 0.29) is 37.4 Å². The molecule has 14 heteroatoms. The molecule has 290 valence electrons. The standard InChI is InChI=1S/C36H63NO13/c1-12-24-18(3)27(38)19(4)31(41)36(16-45-36)15-35(8,43)32(50-34-29(40)23(37(9)10)13-17(2)46-34)20(5)30(21(6)33(42)48-24)49-26-14-25(44-11)28(39)22(7)47-26/h17-30,32,34,38-40,43H,12-16H2,1-11H3/t17-,18+,19+,20-,21-,22+,23+,24+,25+,26-,27-,28+,29-,30-,32+,34+,35-,36+/m0/s1. The van der Waals surface area contributed by atoms with Crippen LogP contribution in [0.1, 0.15) is 81.1 Å². The van der Waals surface area contributed by atoms with Crippen LogP contribution in [0.5, 0.6) is 0 Å². The first-order valence-electron chi connectivity index (χ1n) is 18.2. The molecule has 4 heterocycles. The molecule has 0 saturated carbocycles. The fourth-order valence-corrected chi connectivity index (χ4v) is 8.31. The number of carbonyl (C=O) groups is 2. The highest BCUT2D eigenvalue weighted by Crippen LogP contribution is 2.45. The third-order valence-electron chi connectivity index (χ3n) is 11.6. The van der Waals surface area contributed by atoms with Crippen molar-refractivity contribution >= 4 is 11.8 Å². The summed E-state index contributed by atoms with van der Waals surface area (Å²) in [6.45, 7) is 13.8. The van der Waals surface area contributed by atoms with E-state index in [0.29, 0.717) is 12.8 Å². The van der Waals surface area contributed by atoms with Crippen molar-refractivity contribution in [3.05, 3.63) is 0 Å². The molecule has 18 atom stereocenters. The van der Waals surface area contributed by atoms with Crippen LogP contribution < -0.4 is 0 Å². The van der Waals surface area contributed by atoms with Gasteiger partial charge in [0.25, 0.3) is 0 Å². The third-order valence-corrected chi connectivity index (χ3v) is 11.6. The van der Waals surface area contributed by atoms with Gasteiger partial charge in [-0.1, -0.05) is 27.7 Å². The van der Waals surface area contributed by atoms with Gasteiger partial charge in [-0.05, 0) is 54.6 Å². The number of cyclic esters (lactones) is 1. The van der Waals surface area contributed by atoms with Gasteiger partial charge < -0.3 is 58.5 Å². The second-order valence-corrected chi connectivity index (χ2v) is 15.9. The van der Waals surface area contributed by atoms with E-state index in [4.69, 9.17) is 33.2 Å². The smallest absolute Gasteiger partial charge is 0.311 e. The molecular formula is C36H63NO13. The monoisotopic (exact) mass is 717 g/mol. The Morgan fingerprint density at radius 1 is 0.900 bits per heavy atom. The fraction of sp³-hybridized carbons (Fsp3) is 0.944. The topological polar surface area (TPSA) is 186 Å². The van der Waals surface area contributed by atoms with Gasteiger partial charge in [-0.3, -0.25) is 9.59 Å². The van der Waals surface area contributed by atoms with Crippen LogP contribution in [0.4, 0.5) is 0 Å². The summed E-state index contributed by atoms with van der Waals surface area (Å²) in [6.07, 6.45) is -8.80. The third kappa shape index (κ3) is 8.73. The van der Waals surface area contributed by atoms with Crippen LogP contribution in [0.3, 0.4) is 0 Å². The maximum atomic E-state index is 14.0. The van der Waals surface area contributed by atoms with Gasteiger partial charge in [0.05, 0.1) is 54.7 Å². The van der Waals surface area contributed by atoms with E-state index in [2.05, 4.69) is 0 Å². The number of rotatable bonds is 7. The summed E-state index contributed by atoms with van der Waals surface area (Å²) in [4.78, 5) is 29.9. The molecule has 4 fully saturated rings. The van der Waals surface area contributed by atoms with Crippen molar-refractivity contribution in [3.63, 3.8) is 0 Å². The Morgan fingerprint density at radius 3 is 2.10 bits per heavy atom. The highest BCUT2D eigenvalue weighted by Gasteiger charge is 2.61. The van der Waals surface area contributed by atoms with Crippen molar-refractivity contribution in [2.45, 2.75) is 166 Å². The van der Waals surface area contributed by atoms with Crippen molar-refractivity contribution in [2.75, 3.05) is 27.8 Å². The minimum absolute atomic E-state index is 0.0495. The lowest BCUT2D eigenvalue weighted by Gasteiger charge is -2.48. The first-order valence-corrected chi connectivity index (χ1v) is 18.2. The number of epoxide rings is 1. The molecule has 0 amide bonds. The minimum atomic E-state index is -1.81. The van der Waals surface area contributed by atoms with E-state index in [1.807, 2.05) is 32.8 Å². The zero-order valence-electron chi connectivity index (χ0n) is 31.7. The zero-order chi connectivity index (χ0) is 37.5. The van der Waals surface area contributed by atoms with E-state index in [1.165, 1.54) is 14.0 Å². The summed E-state index contributed by atoms with van der Waals surface area (Å²) >= 11 is 0. The Hall–Kier alpha value is -1.30. The number of hydrogen-bond donors (Lipinski definition) is 4. The summed E-state index contributed by atoms with van der Waals surface area (Å²) in [5.41, 5.74) is -3.20. The molecular weight excluding hydrogens is 654 g/mol. The summed E-state index contributed by atoms with van der Waals surface area (Å²) in [5.74, 6) is -4.21. The number of esters is 1. The molecule has 14 nitrogen and oxygen atoms in total. The number of aliphatic hydroxyl groups excluding tert-OH is 3. The van der Waals surface area contributed by atoms with Crippen molar-refractivity contribution in [2.24, 2.45) is 23.7 Å². The molecule has 0 aromatic heterocycles. The van der Waals surface area contributed by atoms with Gasteiger partial charge in [-0.15, -0.1) is 0 Å². The van der Waals surface area contributed by atoms with Gasteiger partial charge in [-0.25, -0.2) is 0 Å². The molecule has 4 aliphatic rings. The molecule has 4 aliphatic heterocycles. The van der Waals surface area contributed by atoms with Crippen LogP contribution >= 0.6 is 0 Å². The molecule has 0 aliphatic carbocycles. The Bertz CT molecular complexity index is 1150. The average Bonchev–Trinajstić information content (AvgIpc) is 3.84. The van der Waals surface area contributed by atoms with Gasteiger partial charge in [0.15, 0.2) is 24.0 Å². The SMILES string of the molecule is CC[C@H]1OC(=O)[C@@H](C)[C@@H](O[C@H]2C[C@@H](OC)[C@H](O)[C@@H](C)O2)[C@H](C)[C@@H](O[C@H]2O[C@@H](C)C[C@@H](N(C)C)[C@@H]2O)[C@@](C)(O)C[C@@]2(CO2)C(=O)[C@H](C)[C@@H](O)[C@@H]1C. The van der Waals surface area contributed by atoms with Crippen molar-refractivity contribution in [1.82, 2.24) is 4.90 Å². The van der Waals surface area contributed by atoms with E-state index in [0.717, 1.165) is 0 Å². The van der Waals surface area contributed by atoms with Crippen LogP contribution in [-0.4, -0.2) is 150 Å². The zero-order valence-corrected chi connectivity index (χ0v) is 31.7. The summed E-state index contributed by atoms with van der Waals surface area (Å²) < 4.78 is 42.8. The Morgan fingerprint density at radius 2 is 1.54 bits per heavy atom. The molecule has 0 bridgehead atoms. The van der Waals surface area contributed by atoms with Gasteiger partial charge in [0.1, 0.15) is 18.3 Å². The van der Waals surface area contributed by atoms with Crippen LogP contribution in [0.15, 0.2) is 0 Å². The Kier molecular flexibility index (Phi) is 13.6. The van der Waals surface area contributed by atoms with Crippen LogP contribution in [-0.2, 0) is 42.7 Å². The van der Waals surface area contributed by atoms with E-state index in [1.54, 1.807) is 34.6 Å². The Labute approximate surface area is 297 Å². The van der Waals surface area contributed by atoms with E-state index < -0.39 is 102 Å². The lowest BCUT2D eigenvalue weighted by atomic mass is 9.74. The summed E-state index contributed by atoms with van der Waals surface area (Å²) in [6, 6.07) is -0.312. The van der Waals surface area contributed by atoms with Gasteiger partial charge in [0, 0.05) is 43.7 Å². The van der Waals surface area contributed by atoms with E-state index >= 15 is 0 Å². The fourth-order valence-electron chi connectivity index (χ4n) is 8.31. The molecule has 50 heavy (non-hydrogen) atoms. The lowest BCUT2D eigenvalue weighted by Crippen LogP contribution is -2.60. The average molecular weight is 718 g/mol. The molecule has 0 radical (unpaired) electrons. The van der Waals surface area contributed by atoms with E-state index in [9.17, 15) is 30.0 Å². The maximum absolute atomic E-state index is 14.0. The number of hydrogen-bond acceptors (Lipinski definition) is 14. The quantitative estimate of drug-likeness (QED) is 0.219. The van der Waals surface area contributed by atoms with Crippen LogP contribution in [0, 0.1) is 23.7 Å². The number of ether oxygens (including phenoxy) is 7. The highest BCUT2D eigenvalue weighted by molar-refractivity contribution is 5.92. The van der Waals surface area contributed by atoms with Gasteiger partial charge in [-0.2, -0.15) is 0 Å². The highest BCUT2D eigenvalue weighted by atomic mass is 16.7. The molecule has 4 saturated heterocycles. The molecule has 0 aromatic carbocycles. The number of Topliss-reactive ketones (excluding diaryl/α,β-unsaturated/α-hetero) is 1. The maximum Gasteiger partial charge on any atom is 0.311 e. The number of carbonyl (C=O) groups excluding carboxylic acids is 2. The lowest BCUT2D eigenvalue weighted by molar-refractivity contribution is -0.311. The minimum Gasteiger partial charge on any atom is -0.462 e. The number of likely N-dealkylation sites (N-methyl/N-ethyl adjacent to an activating group) is 1. The van der Waals surface area contributed by atoms with Crippen molar-refractivity contribution < 1.29 is 63.2 Å². The predicted octanol–water partition coefficient (Wildman–Crippen LogP) is 1.41. The van der Waals surface area contributed by atoms with Crippen molar-refractivity contribution in [1.29, 1.82) is 0 Å². The second-order valence-electron chi connectivity index (χ2n) is 15.9. The predicted molar refractivity (Wildman–Crippen MR) is 180 cm³/mol. The number of methoxy groups -OCH3 is 1. The first kappa shape index (κ1) is 41.5. The molecule has 4 N–H and O–H groups in total. The molecule has 1 spiro atoms. The van der Waals surface area contributed by atoms with Crippen LogP contribution in [0.2, 0.25) is 0 Å². The second kappa shape index (κ2) is 16.4. The van der Waals surface area contributed by atoms with Gasteiger partial charge in [0.2, 0.25) is 0 Å². The normalized spacial score (nSPS) is 49.8. The number of aliphatic hydroxyl groups is 4. The molecule has 0 aromatic rings.